The highest BCUT2D eigenvalue weighted by molar-refractivity contribution is 7.89. The molecule has 1 heterocycles. The van der Waals surface area contributed by atoms with Gasteiger partial charge in [0.25, 0.3) is 5.91 Å². The third kappa shape index (κ3) is 4.93. The van der Waals surface area contributed by atoms with Crippen molar-refractivity contribution in [3.63, 3.8) is 0 Å². The number of carbonyl (C=O) groups is 1. The maximum absolute atomic E-state index is 12.9. The Morgan fingerprint density at radius 1 is 1.07 bits per heavy atom. The summed E-state index contributed by atoms with van der Waals surface area (Å²) in [5.74, 6) is -0.262. The van der Waals surface area contributed by atoms with Crippen LogP contribution in [0.3, 0.4) is 0 Å². The molecule has 5 nitrogen and oxygen atoms in total. The van der Waals surface area contributed by atoms with Crippen molar-refractivity contribution in [1.82, 2.24) is 9.62 Å². The van der Waals surface area contributed by atoms with E-state index in [0.29, 0.717) is 36.6 Å². The van der Waals surface area contributed by atoms with Crippen LogP contribution in [0.5, 0.6) is 0 Å². The predicted molar refractivity (Wildman–Crippen MR) is 111 cm³/mol. The molecule has 28 heavy (non-hydrogen) atoms. The minimum Gasteiger partial charge on any atom is -0.352 e. The number of piperidine rings is 1. The lowest BCUT2D eigenvalue weighted by molar-refractivity contribution is 0.0953. The molecule has 1 aliphatic heterocycles. The smallest absolute Gasteiger partial charge is 0.251 e. The molecule has 1 saturated heterocycles. The van der Waals surface area contributed by atoms with Crippen molar-refractivity contribution < 1.29 is 13.2 Å². The van der Waals surface area contributed by atoms with E-state index < -0.39 is 10.0 Å². The Bertz CT molecular complexity index is 937. The van der Waals surface area contributed by atoms with Crippen molar-refractivity contribution in [3.05, 3.63) is 64.2 Å². The lowest BCUT2D eigenvalue weighted by atomic mass is 10.1. The fourth-order valence-corrected chi connectivity index (χ4v) is 5.00. The summed E-state index contributed by atoms with van der Waals surface area (Å²) in [7, 11) is -3.56. The molecule has 0 aromatic heterocycles. The molecule has 0 spiro atoms. The summed E-state index contributed by atoms with van der Waals surface area (Å²) < 4.78 is 27.3. The Balaban J connectivity index is 1.69. The summed E-state index contributed by atoms with van der Waals surface area (Å²) in [6.45, 7) is 3.35. The molecule has 1 fully saturated rings. The summed E-state index contributed by atoms with van der Waals surface area (Å²) in [6, 6.07) is 12.3. The van der Waals surface area contributed by atoms with Crippen molar-refractivity contribution in [2.24, 2.45) is 0 Å². The second-order valence-electron chi connectivity index (χ2n) is 7.07. The standard InChI is InChI=1S/C21H25ClN2O3S/c1-16-5-10-19(28(26,27)24-13-3-2-4-14-24)15-20(16)21(25)23-12-11-17-6-8-18(22)9-7-17/h5-10,15H,2-4,11-14H2,1H3,(H,23,25). The summed E-state index contributed by atoms with van der Waals surface area (Å²) >= 11 is 5.88. The first-order valence-corrected chi connectivity index (χ1v) is 11.3. The number of amides is 1. The van der Waals surface area contributed by atoms with E-state index in [9.17, 15) is 13.2 Å². The molecule has 2 aromatic rings. The van der Waals surface area contributed by atoms with E-state index in [1.807, 2.05) is 31.2 Å². The number of benzene rings is 2. The van der Waals surface area contributed by atoms with Gasteiger partial charge in [0.2, 0.25) is 10.0 Å². The Morgan fingerprint density at radius 3 is 2.43 bits per heavy atom. The number of hydrogen-bond donors (Lipinski definition) is 1. The lowest BCUT2D eigenvalue weighted by Gasteiger charge is -2.26. The normalized spacial score (nSPS) is 15.4. The number of nitrogens with zero attached hydrogens (tertiary/aromatic N) is 1. The van der Waals surface area contributed by atoms with Crippen molar-refractivity contribution >= 4 is 27.5 Å². The van der Waals surface area contributed by atoms with E-state index in [1.165, 1.54) is 10.4 Å². The number of rotatable bonds is 6. The average Bonchev–Trinajstić information content (AvgIpc) is 2.70. The highest BCUT2D eigenvalue weighted by Gasteiger charge is 2.27. The van der Waals surface area contributed by atoms with Gasteiger partial charge in [0, 0.05) is 30.2 Å². The molecule has 150 valence electrons. The van der Waals surface area contributed by atoms with Gasteiger partial charge >= 0.3 is 0 Å². The molecule has 0 atom stereocenters. The van der Waals surface area contributed by atoms with Gasteiger partial charge in [-0.05, 0) is 61.6 Å². The van der Waals surface area contributed by atoms with E-state index in [-0.39, 0.29) is 10.8 Å². The third-order valence-corrected chi connectivity index (χ3v) is 7.17. The van der Waals surface area contributed by atoms with Gasteiger partial charge in [0.05, 0.1) is 4.90 Å². The van der Waals surface area contributed by atoms with E-state index in [1.54, 1.807) is 12.1 Å². The van der Waals surface area contributed by atoms with Crippen LogP contribution in [0, 0.1) is 6.92 Å². The molecule has 1 amide bonds. The Hall–Kier alpha value is -1.89. The van der Waals surface area contributed by atoms with E-state index >= 15 is 0 Å². The minimum absolute atomic E-state index is 0.183. The maximum atomic E-state index is 12.9. The summed E-state index contributed by atoms with van der Waals surface area (Å²) in [6.07, 6.45) is 3.49. The summed E-state index contributed by atoms with van der Waals surface area (Å²) in [5.41, 5.74) is 2.22. The quantitative estimate of drug-likeness (QED) is 0.772. The van der Waals surface area contributed by atoms with Crippen molar-refractivity contribution in [3.8, 4) is 0 Å². The van der Waals surface area contributed by atoms with E-state index in [0.717, 1.165) is 30.4 Å². The zero-order valence-corrected chi connectivity index (χ0v) is 17.5. The monoisotopic (exact) mass is 420 g/mol. The van der Waals surface area contributed by atoms with Crippen LogP contribution >= 0.6 is 11.6 Å². The van der Waals surface area contributed by atoms with Crippen LogP contribution in [0.2, 0.25) is 5.02 Å². The highest BCUT2D eigenvalue weighted by Crippen LogP contribution is 2.23. The van der Waals surface area contributed by atoms with Crippen LogP contribution < -0.4 is 5.32 Å². The summed E-state index contributed by atoms with van der Waals surface area (Å²) in [4.78, 5) is 12.8. The molecule has 0 unspecified atom stereocenters. The van der Waals surface area contributed by atoms with E-state index in [4.69, 9.17) is 11.6 Å². The average molecular weight is 421 g/mol. The first-order chi connectivity index (χ1) is 13.4. The Morgan fingerprint density at radius 2 is 1.75 bits per heavy atom. The molecule has 2 aromatic carbocycles. The second kappa shape index (κ2) is 9.07. The molecule has 0 aliphatic carbocycles. The molecule has 7 heteroatoms. The van der Waals surface area contributed by atoms with Crippen LogP contribution in [-0.2, 0) is 16.4 Å². The first kappa shape index (κ1) is 20.8. The number of carbonyl (C=O) groups excluding carboxylic acids is 1. The van der Waals surface area contributed by atoms with E-state index in [2.05, 4.69) is 5.32 Å². The van der Waals surface area contributed by atoms with Crippen molar-refractivity contribution in [1.29, 1.82) is 0 Å². The minimum atomic E-state index is -3.56. The molecule has 1 aliphatic rings. The Kier molecular flexibility index (Phi) is 6.75. The fourth-order valence-electron chi connectivity index (χ4n) is 3.33. The topological polar surface area (TPSA) is 66.5 Å². The Labute approximate surface area is 171 Å². The number of hydrogen-bond acceptors (Lipinski definition) is 3. The van der Waals surface area contributed by atoms with Gasteiger partial charge in [-0.3, -0.25) is 4.79 Å². The van der Waals surface area contributed by atoms with Gasteiger partial charge < -0.3 is 5.32 Å². The SMILES string of the molecule is Cc1ccc(S(=O)(=O)N2CCCCC2)cc1C(=O)NCCc1ccc(Cl)cc1. The number of halogens is 1. The van der Waals surface area contributed by atoms with Gasteiger partial charge in [-0.2, -0.15) is 4.31 Å². The number of nitrogens with one attached hydrogen (secondary N) is 1. The number of aryl methyl sites for hydroxylation is 1. The fraction of sp³-hybridized carbons (Fsp3) is 0.381. The molecule has 1 N–H and O–H groups in total. The highest BCUT2D eigenvalue weighted by atomic mass is 35.5. The van der Waals surface area contributed by atoms with Crippen molar-refractivity contribution in [2.45, 2.75) is 37.5 Å². The largest absolute Gasteiger partial charge is 0.352 e. The molecular formula is C21H25ClN2O3S. The molecule has 0 bridgehead atoms. The zero-order chi connectivity index (χ0) is 20.1. The lowest BCUT2D eigenvalue weighted by Crippen LogP contribution is -2.35. The molecule has 3 rings (SSSR count). The molecule has 0 saturated carbocycles. The molecular weight excluding hydrogens is 396 g/mol. The summed E-state index contributed by atoms with van der Waals surface area (Å²) in [5, 5.41) is 3.56. The van der Waals surface area contributed by atoms with Gasteiger partial charge in [0.15, 0.2) is 0 Å². The van der Waals surface area contributed by atoms with Gasteiger partial charge in [-0.25, -0.2) is 8.42 Å². The first-order valence-electron chi connectivity index (χ1n) is 9.51. The zero-order valence-electron chi connectivity index (χ0n) is 15.9. The van der Waals surface area contributed by atoms with Gasteiger partial charge in [0.1, 0.15) is 0 Å². The maximum Gasteiger partial charge on any atom is 0.251 e. The van der Waals surface area contributed by atoms with Crippen LogP contribution in [0.15, 0.2) is 47.4 Å². The van der Waals surface area contributed by atoms with Crippen molar-refractivity contribution in [2.75, 3.05) is 19.6 Å². The van der Waals surface area contributed by atoms with Crippen LogP contribution in [0.4, 0.5) is 0 Å². The van der Waals surface area contributed by atoms with Gasteiger partial charge in [-0.15, -0.1) is 0 Å². The molecule has 0 radical (unpaired) electrons. The van der Waals surface area contributed by atoms with Crippen LogP contribution in [0.1, 0.15) is 40.7 Å². The van der Waals surface area contributed by atoms with Crippen LogP contribution in [0.25, 0.3) is 0 Å². The third-order valence-electron chi connectivity index (χ3n) is 5.02. The van der Waals surface area contributed by atoms with Crippen LogP contribution in [-0.4, -0.2) is 38.3 Å². The van der Waals surface area contributed by atoms with Gasteiger partial charge in [-0.1, -0.05) is 36.2 Å². The second-order valence-corrected chi connectivity index (χ2v) is 9.45. The predicted octanol–water partition coefficient (Wildman–Crippen LogP) is 3.80. The number of sulfonamides is 1.